The number of nitrogens with zero attached hydrogens (tertiary/aromatic N) is 3. The summed E-state index contributed by atoms with van der Waals surface area (Å²) in [6.07, 6.45) is 2.37. The molecular formula is C17H24N4O2S. The minimum Gasteiger partial charge on any atom is -0.469 e. The molecule has 0 aromatic carbocycles. The van der Waals surface area contributed by atoms with E-state index in [9.17, 15) is 4.79 Å². The maximum Gasteiger partial charge on any atom is 0.317 e. The number of amides is 2. The van der Waals surface area contributed by atoms with E-state index in [0.29, 0.717) is 6.42 Å². The van der Waals surface area contributed by atoms with Crippen molar-refractivity contribution in [1.82, 2.24) is 20.1 Å². The molecule has 1 N–H and O–H groups in total. The van der Waals surface area contributed by atoms with Gasteiger partial charge in [0.2, 0.25) is 0 Å². The van der Waals surface area contributed by atoms with Crippen LogP contribution in [0.4, 0.5) is 4.79 Å². The van der Waals surface area contributed by atoms with Gasteiger partial charge in [0, 0.05) is 50.6 Å². The molecule has 0 aliphatic carbocycles. The van der Waals surface area contributed by atoms with E-state index in [4.69, 9.17) is 4.42 Å². The van der Waals surface area contributed by atoms with Gasteiger partial charge in [0.05, 0.1) is 17.0 Å². The molecule has 0 radical (unpaired) electrons. The molecule has 6 nitrogen and oxygen atoms in total. The predicted octanol–water partition coefficient (Wildman–Crippen LogP) is 2.50. The van der Waals surface area contributed by atoms with Gasteiger partial charge in [-0.05, 0) is 26.0 Å². The summed E-state index contributed by atoms with van der Waals surface area (Å²) in [4.78, 5) is 21.1. The van der Waals surface area contributed by atoms with Crippen LogP contribution in [0.15, 0.2) is 28.2 Å². The number of carbonyl (C=O) groups excluding carboxylic acids is 1. The van der Waals surface area contributed by atoms with Crippen molar-refractivity contribution >= 4 is 17.4 Å². The zero-order valence-corrected chi connectivity index (χ0v) is 15.0. The Labute approximate surface area is 146 Å². The van der Waals surface area contributed by atoms with Gasteiger partial charge in [0.25, 0.3) is 0 Å². The quantitative estimate of drug-likeness (QED) is 0.902. The predicted molar refractivity (Wildman–Crippen MR) is 94.1 cm³/mol. The number of furan rings is 1. The fraction of sp³-hybridized carbons (Fsp3) is 0.529. The lowest BCUT2D eigenvalue weighted by molar-refractivity contribution is 0.133. The summed E-state index contributed by atoms with van der Waals surface area (Å²) in [5.41, 5.74) is 1.13. The summed E-state index contributed by atoms with van der Waals surface area (Å²) < 4.78 is 5.33. The Bertz CT molecular complexity index is 647. The van der Waals surface area contributed by atoms with Gasteiger partial charge in [-0.1, -0.05) is 0 Å². The van der Waals surface area contributed by atoms with Crippen molar-refractivity contribution in [3.63, 3.8) is 0 Å². The number of aryl methyl sites for hydroxylation is 1. The molecule has 7 heteroatoms. The van der Waals surface area contributed by atoms with Gasteiger partial charge in [-0.15, -0.1) is 11.3 Å². The summed E-state index contributed by atoms with van der Waals surface area (Å²) in [5.74, 6) is 0.895. The van der Waals surface area contributed by atoms with Crippen LogP contribution < -0.4 is 5.32 Å². The number of urea groups is 1. The first kappa shape index (κ1) is 17.0. The Balaban J connectivity index is 1.41. The fourth-order valence-corrected chi connectivity index (χ4v) is 3.51. The van der Waals surface area contributed by atoms with Crippen molar-refractivity contribution in [3.05, 3.63) is 40.2 Å². The molecule has 3 rings (SSSR count). The van der Waals surface area contributed by atoms with Crippen LogP contribution in [-0.4, -0.2) is 53.0 Å². The maximum atomic E-state index is 12.4. The Morgan fingerprint density at radius 1 is 1.42 bits per heavy atom. The fourth-order valence-electron chi connectivity index (χ4n) is 2.90. The van der Waals surface area contributed by atoms with Gasteiger partial charge < -0.3 is 14.6 Å². The highest BCUT2D eigenvalue weighted by atomic mass is 32.1. The van der Waals surface area contributed by atoms with Crippen molar-refractivity contribution in [3.8, 4) is 0 Å². The zero-order chi connectivity index (χ0) is 16.9. The standard InChI is InChI=1S/C17H24N4O2S/c1-13(10-16-4-3-9-23-16)18-17(22)21-7-5-20(6-8-21)11-15-12-24-14(2)19-15/h3-4,9,12-13H,5-8,10-11H2,1-2H3,(H,18,22)/t13-/m0/s1. The Kier molecular flexibility index (Phi) is 5.52. The topological polar surface area (TPSA) is 61.6 Å². The van der Waals surface area contributed by atoms with Crippen LogP contribution in [0.25, 0.3) is 0 Å². The molecule has 3 heterocycles. The van der Waals surface area contributed by atoms with Crippen LogP contribution in [0.5, 0.6) is 0 Å². The molecule has 0 bridgehead atoms. The molecule has 1 atom stereocenters. The van der Waals surface area contributed by atoms with E-state index in [2.05, 4.69) is 20.6 Å². The van der Waals surface area contributed by atoms with Crippen LogP contribution in [0.2, 0.25) is 0 Å². The molecule has 1 saturated heterocycles. The maximum absolute atomic E-state index is 12.4. The number of hydrogen-bond donors (Lipinski definition) is 1. The summed E-state index contributed by atoms with van der Waals surface area (Å²) in [5, 5.41) is 6.27. The van der Waals surface area contributed by atoms with Crippen LogP contribution in [0.3, 0.4) is 0 Å². The largest absolute Gasteiger partial charge is 0.469 e. The van der Waals surface area contributed by atoms with Crippen molar-refractivity contribution in [1.29, 1.82) is 0 Å². The smallest absolute Gasteiger partial charge is 0.317 e. The minimum atomic E-state index is 0.0122. The Morgan fingerprint density at radius 2 is 2.21 bits per heavy atom. The number of carbonyl (C=O) groups is 1. The van der Waals surface area contributed by atoms with Crippen LogP contribution in [0, 0.1) is 6.92 Å². The third-order valence-corrected chi connectivity index (χ3v) is 4.99. The van der Waals surface area contributed by atoms with Gasteiger partial charge in [-0.2, -0.15) is 0 Å². The molecule has 2 aromatic rings. The second kappa shape index (κ2) is 7.81. The number of hydrogen-bond acceptors (Lipinski definition) is 5. The van der Waals surface area contributed by atoms with Crippen molar-refractivity contribution in [2.75, 3.05) is 26.2 Å². The zero-order valence-electron chi connectivity index (χ0n) is 14.2. The highest BCUT2D eigenvalue weighted by molar-refractivity contribution is 7.09. The van der Waals surface area contributed by atoms with Gasteiger partial charge >= 0.3 is 6.03 Å². The molecule has 1 fully saturated rings. The molecule has 130 valence electrons. The van der Waals surface area contributed by atoms with Gasteiger partial charge in [-0.3, -0.25) is 4.90 Å². The number of piperazine rings is 1. The van der Waals surface area contributed by atoms with Gasteiger partial charge in [-0.25, -0.2) is 9.78 Å². The molecule has 1 aliphatic rings. The molecule has 2 amide bonds. The summed E-state index contributed by atoms with van der Waals surface area (Å²) >= 11 is 1.69. The average Bonchev–Trinajstić information content (AvgIpc) is 3.20. The molecule has 0 spiro atoms. The van der Waals surface area contributed by atoms with Gasteiger partial charge in [0.15, 0.2) is 0 Å². The van der Waals surface area contributed by atoms with E-state index < -0.39 is 0 Å². The highest BCUT2D eigenvalue weighted by Gasteiger charge is 2.22. The second-order valence-corrected chi connectivity index (χ2v) is 7.32. The Hall–Kier alpha value is -1.86. The number of nitrogens with one attached hydrogen (secondary N) is 1. The van der Waals surface area contributed by atoms with E-state index in [-0.39, 0.29) is 12.1 Å². The first-order valence-corrected chi connectivity index (χ1v) is 9.19. The molecule has 24 heavy (non-hydrogen) atoms. The summed E-state index contributed by atoms with van der Waals surface area (Å²) in [6, 6.07) is 3.87. The Morgan fingerprint density at radius 3 is 2.83 bits per heavy atom. The number of thiazole rings is 1. The van der Waals surface area contributed by atoms with E-state index in [1.807, 2.05) is 30.9 Å². The lowest BCUT2D eigenvalue weighted by Crippen LogP contribution is -2.53. The van der Waals surface area contributed by atoms with Crippen molar-refractivity contribution in [2.24, 2.45) is 0 Å². The summed E-state index contributed by atoms with van der Waals surface area (Å²) in [6.45, 7) is 8.17. The molecule has 1 aliphatic heterocycles. The third kappa shape index (κ3) is 4.58. The third-order valence-electron chi connectivity index (χ3n) is 4.17. The molecule has 0 saturated carbocycles. The number of rotatable bonds is 5. The first-order valence-electron chi connectivity index (χ1n) is 8.31. The van der Waals surface area contributed by atoms with E-state index >= 15 is 0 Å². The molecular weight excluding hydrogens is 324 g/mol. The van der Waals surface area contributed by atoms with Crippen molar-refractivity contribution in [2.45, 2.75) is 32.9 Å². The molecule has 2 aromatic heterocycles. The SMILES string of the molecule is Cc1nc(CN2CCN(C(=O)N[C@@H](C)Cc3ccco3)CC2)cs1. The lowest BCUT2D eigenvalue weighted by atomic mass is 10.2. The normalized spacial score (nSPS) is 17.0. The summed E-state index contributed by atoms with van der Waals surface area (Å²) in [7, 11) is 0. The average molecular weight is 348 g/mol. The molecule has 0 unspecified atom stereocenters. The van der Waals surface area contributed by atoms with Crippen LogP contribution in [-0.2, 0) is 13.0 Å². The monoisotopic (exact) mass is 348 g/mol. The van der Waals surface area contributed by atoms with E-state index in [0.717, 1.165) is 49.2 Å². The number of aromatic nitrogens is 1. The van der Waals surface area contributed by atoms with Gasteiger partial charge in [0.1, 0.15) is 5.76 Å². The highest BCUT2D eigenvalue weighted by Crippen LogP contribution is 2.12. The first-order chi connectivity index (χ1) is 11.6. The second-order valence-electron chi connectivity index (χ2n) is 6.26. The van der Waals surface area contributed by atoms with Crippen LogP contribution >= 0.6 is 11.3 Å². The van der Waals surface area contributed by atoms with Crippen molar-refractivity contribution < 1.29 is 9.21 Å². The lowest BCUT2D eigenvalue weighted by Gasteiger charge is -2.34. The van der Waals surface area contributed by atoms with Crippen LogP contribution in [0.1, 0.15) is 23.4 Å². The van der Waals surface area contributed by atoms with E-state index in [1.165, 1.54) is 0 Å². The van der Waals surface area contributed by atoms with E-state index in [1.54, 1.807) is 17.6 Å². The minimum absolute atomic E-state index is 0.0122.